The number of aliphatic hydroxyl groups excluding tert-OH is 1. The first kappa shape index (κ1) is 13.9. The van der Waals surface area contributed by atoms with Gasteiger partial charge in [0.25, 0.3) is 0 Å². The van der Waals surface area contributed by atoms with Gasteiger partial charge >= 0.3 is 5.97 Å². The summed E-state index contributed by atoms with van der Waals surface area (Å²) in [7, 11) is 0. The van der Waals surface area contributed by atoms with Crippen LogP contribution >= 0.6 is 15.9 Å². The Kier molecular flexibility index (Phi) is 4.84. The van der Waals surface area contributed by atoms with E-state index in [1.165, 1.54) is 0 Å². The van der Waals surface area contributed by atoms with Crippen molar-refractivity contribution in [3.63, 3.8) is 0 Å². The van der Waals surface area contributed by atoms with Crippen molar-refractivity contribution in [3.05, 3.63) is 34.9 Å². The van der Waals surface area contributed by atoms with Crippen molar-refractivity contribution in [2.24, 2.45) is 0 Å². The Bertz CT molecular complexity index is 440. The summed E-state index contributed by atoms with van der Waals surface area (Å²) in [6.07, 6.45) is -0.266. The molecule has 5 heteroatoms. The predicted molar refractivity (Wildman–Crippen MR) is 66.4 cm³/mol. The zero-order valence-corrected chi connectivity index (χ0v) is 10.9. The fraction of sp³-hybridized carbons (Fsp3) is 0.333. The number of aliphatic carboxylic acids is 1. The number of carbonyl (C=O) groups excluding carboxylic acids is 1. The Morgan fingerprint density at radius 2 is 2.06 bits per heavy atom. The Morgan fingerprint density at radius 1 is 1.41 bits per heavy atom. The van der Waals surface area contributed by atoms with E-state index in [-0.39, 0.29) is 23.6 Å². The van der Waals surface area contributed by atoms with Crippen molar-refractivity contribution in [1.82, 2.24) is 0 Å². The molecule has 0 spiro atoms. The molecular formula is C12H13BrO4. The van der Waals surface area contributed by atoms with E-state index in [2.05, 4.69) is 15.9 Å². The van der Waals surface area contributed by atoms with Crippen LogP contribution in [0.2, 0.25) is 0 Å². The Hall–Kier alpha value is -1.20. The van der Waals surface area contributed by atoms with Gasteiger partial charge in [0.05, 0.1) is 17.9 Å². The zero-order chi connectivity index (χ0) is 13.0. The van der Waals surface area contributed by atoms with Crippen LogP contribution in [0.25, 0.3) is 0 Å². The van der Waals surface area contributed by atoms with Gasteiger partial charge < -0.3 is 10.2 Å². The van der Waals surface area contributed by atoms with E-state index >= 15 is 0 Å². The van der Waals surface area contributed by atoms with Gasteiger partial charge in [-0.1, -0.05) is 34.1 Å². The van der Waals surface area contributed by atoms with Crippen LogP contribution in [0.15, 0.2) is 18.2 Å². The molecule has 0 aliphatic rings. The monoisotopic (exact) mass is 300 g/mol. The van der Waals surface area contributed by atoms with Crippen LogP contribution in [-0.4, -0.2) is 26.8 Å². The lowest BCUT2D eigenvalue weighted by Crippen LogP contribution is -2.16. The molecule has 0 amide bonds. The van der Waals surface area contributed by atoms with Crippen LogP contribution in [-0.2, 0) is 17.8 Å². The number of carboxylic acid groups (broad SMARTS) is 1. The number of Topliss-reactive ketones (excluding diaryl/α,β-unsaturated/α-hetero) is 1. The molecule has 0 saturated heterocycles. The van der Waals surface area contributed by atoms with Crippen molar-refractivity contribution < 1.29 is 19.8 Å². The lowest BCUT2D eigenvalue weighted by Gasteiger charge is -2.12. The Balaban J connectivity index is 3.28. The first-order valence-electron chi connectivity index (χ1n) is 5.09. The number of aliphatic hydroxyl groups is 1. The van der Waals surface area contributed by atoms with E-state index in [0.29, 0.717) is 16.7 Å². The summed E-state index contributed by atoms with van der Waals surface area (Å²) in [6.45, 7) is 1.40. The van der Waals surface area contributed by atoms with Gasteiger partial charge in [-0.2, -0.15) is 0 Å². The number of hydrogen-bond donors (Lipinski definition) is 2. The van der Waals surface area contributed by atoms with E-state index in [4.69, 9.17) is 10.2 Å². The highest BCUT2D eigenvalue weighted by molar-refractivity contribution is 9.10. The molecule has 0 bridgehead atoms. The average molecular weight is 301 g/mol. The van der Waals surface area contributed by atoms with Crippen LogP contribution in [0.3, 0.4) is 0 Å². The SMILES string of the molecule is CC(Br)C(=O)c1cccc(CO)c1CC(=O)O. The molecule has 17 heavy (non-hydrogen) atoms. The quantitative estimate of drug-likeness (QED) is 0.642. The molecule has 0 radical (unpaired) electrons. The van der Waals surface area contributed by atoms with Crippen molar-refractivity contribution >= 4 is 27.7 Å². The molecule has 0 aromatic heterocycles. The summed E-state index contributed by atoms with van der Waals surface area (Å²) in [5.41, 5.74) is 1.22. The molecule has 92 valence electrons. The lowest BCUT2D eigenvalue weighted by molar-refractivity contribution is -0.136. The average Bonchev–Trinajstić information content (AvgIpc) is 2.27. The molecule has 1 aromatic carbocycles. The molecule has 1 unspecified atom stereocenters. The number of halogens is 1. The van der Waals surface area contributed by atoms with Gasteiger partial charge in [-0.3, -0.25) is 9.59 Å². The van der Waals surface area contributed by atoms with Gasteiger partial charge in [0.1, 0.15) is 0 Å². The van der Waals surface area contributed by atoms with Crippen molar-refractivity contribution in [3.8, 4) is 0 Å². The third-order valence-electron chi connectivity index (χ3n) is 2.40. The van der Waals surface area contributed by atoms with Crippen LogP contribution in [0.4, 0.5) is 0 Å². The van der Waals surface area contributed by atoms with E-state index in [9.17, 15) is 9.59 Å². The second-order valence-electron chi connectivity index (χ2n) is 3.65. The molecule has 4 nitrogen and oxygen atoms in total. The van der Waals surface area contributed by atoms with Crippen molar-refractivity contribution in [1.29, 1.82) is 0 Å². The highest BCUT2D eigenvalue weighted by Gasteiger charge is 2.19. The molecule has 0 fully saturated rings. The minimum absolute atomic E-state index is 0.184. The van der Waals surface area contributed by atoms with E-state index in [1.807, 2.05) is 0 Å². The number of rotatable bonds is 5. The van der Waals surface area contributed by atoms with Crippen LogP contribution in [0.5, 0.6) is 0 Å². The summed E-state index contributed by atoms with van der Waals surface area (Å²) in [5, 5.41) is 18.0. The number of carboxylic acids is 1. The minimum Gasteiger partial charge on any atom is -0.481 e. The molecule has 0 saturated carbocycles. The number of hydrogen-bond acceptors (Lipinski definition) is 3. The highest BCUT2D eigenvalue weighted by Crippen LogP contribution is 2.20. The Labute approximate surface area is 107 Å². The third-order valence-corrected chi connectivity index (χ3v) is 2.81. The van der Waals surface area contributed by atoms with Gasteiger partial charge in [-0.05, 0) is 18.1 Å². The standard InChI is InChI=1S/C12H13BrO4/c1-7(13)12(17)9-4-2-3-8(6-14)10(9)5-11(15)16/h2-4,7,14H,5-6H2,1H3,(H,15,16). The normalized spacial score (nSPS) is 12.2. The first-order valence-corrected chi connectivity index (χ1v) is 6.00. The Morgan fingerprint density at radius 3 is 2.53 bits per heavy atom. The topological polar surface area (TPSA) is 74.6 Å². The number of benzene rings is 1. The second-order valence-corrected chi connectivity index (χ2v) is 5.03. The maximum absolute atomic E-state index is 11.9. The van der Waals surface area contributed by atoms with Gasteiger partial charge in [0.2, 0.25) is 0 Å². The number of alkyl halides is 1. The molecule has 0 aliphatic carbocycles. The number of carbonyl (C=O) groups is 2. The minimum atomic E-state index is -1.03. The zero-order valence-electron chi connectivity index (χ0n) is 9.31. The molecule has 0 heterocycles. The predicted octanol–water partition coefficient (Wildman–Crippen LogP) is 1.77. The largest absolute Gasteiger partial charge is 0.481 e. The summed E-state index contributed by atoms with van der Waals surface area (Å²) in [6, 6.07) is 4.84. The van der Waals surface area contributed by atoms with Gasteiger partial charge in [-0.15, -0.1) is 0 Å². The van der Waals surface area contributed by atoms with Crippen molar-refractivity contribution in [2.45, 2.75) is 24.8 Å². The number of ketones is 1. The van der Waals surface area contributed by atoms with E-state index in [0.717, 1.165) is 0 Å². The fourth-order valence-corrected chi connectivity index (χ4v) is 1.83. The van der Waals surface area contributed by atoms with E-state index in [1.54, 1.807) is 25.1 Å². The van der Waals surface area contributed by atoms with Crippen LogP contribution < -0.4 is 0 Å². The second kappa shape index (κ2) is 5.93. The van der Waals surface area contributed by atoms with Crippen LogP contribution in [0, 0.1) is 0 Å². The van der Waals surface area contributed by atoms with Gasteiger partial charge in [0.15, 0.2) is 5.78 Å². The summed E-state index contributed by atoms with van der Waals surface area (Å²) < 4.78 is 0. The lowest BCUT2D eigenvalue weighted by atomic mass is 9.95. The van der Waals surface area contributed by atoms with Crippen molar-refractivity contribution in [2.75, 3.05) is 0 Å². The molecular weight excluding hydrogens is 288 g/mol. The fourth-order valence-electron chi connectivity index (χ4n) is 1.59. The summed E-state index contributed by atoms with van der Waals surface area (Å²) in [5.74, 6) is -1.21. The summed E-state index contributed by atoms with van der Waals surface area (Å²) >= 11 is 3.16. The summed E-state index contributed by atoms with van der Waals surface area (Å²) in [4.78, 5) is 22.3. The maximum atomic E-state index is 11.9. The van der Waals surface area contributed by atoms with Crippen LogP contribution in [0.1, 0.15) is 28.4 Å². The maximum Gasteiger partial charge on any atom is 0.307 e. The smallest absolute Gasteiger partial charge is 0.307 e. The molecule has 1 aromatic rings. The van der Waals surface area contributed by atoms with Gasteiger partial charge in [-0.25, -0.2) is 0 Å². The highest BCUT2D eigenvalue weighted by atomic mass is 79.9. The molecule has 1 rings (SSSR count). The third kappa shape index (κ3) is 3.38. The molecule has 0 aliphatic heterocycles. The first-order chi connectivity index (χ1) is 7.97. The van der Waals surface area contributed by atoms with E-state index < -0.39 is 5.97 Å². The van der Waals surface area contributed by atoms with Gasteiger partial charge in [0, 0.05) is 5.56 Å². The molecule has 2 N–H and O–H groups in total. The molecule has 1 atom stereocenters.